The molecule has 3 aromatic rings. The fourth-order valence-corrected chi connectivity index (χ4v) is 5.05. The van der Waals surface area contributed by atoms with Crippen molar-refractivity contribution in [3.05, 3.63) is 75.1 Å². The zero-order valence-electron chi connectivity index (χ0n) is 16.2. The number of anilines is 1. The topological polar surface area (TPSA) is 87.8 Å². The summed E-state index contributed by atoms with van der Waals surface area (Å²) >= 11 is 18.5. The number of rotatable bonds is 6. The minimum atomic E-state index is -3.79. The van der Waals surface area contributed by atoms with Crippen LogP contribution in [-0.2, 0) is 10.0 Å². The molecule has 1 aromatic heterocycles. The van der Waals surface area contributed by atoms with E-state index in [1.54, 1.807) is 35.3 Å². The lowest BCUT2D eigenvalue weighted by Gasteiger charge is -2.25. The van der Waals surface area contributed by atoms with Crippen molar-refractivity contribution in [3.63, 3.8) is 0 Å². The minimum Gasteiger partial charge on any atom is -0.360 e. The Hall–Kier alpha value is -2.10. The number of nitrogens with zero attached hydrogens (tertiary/aromatic N) is 3. The predicted molar refractivity (Wildman–Crippen MR) is 122 cm³/mol. The van der Waals surface area contributed by atoms with Gasteiger partial charge in [-0.3, -0.25) is 5.01 Å². The highest BCUT2D eigenvalue weighted by atomic mass is 35.5. The SMILES string of the molecule is Cc1oncc1S(=O)(=O)NCC1=NN(c2ccc(Cl)cc2Cl)C(c2ccc(Cl)cc2)C1. The molecule has 0 amide bonds. The summed E-state index contributed by atoms with van der Waals surface area (Å²) in [6, 6.07) is 12.4. The summed E-state index contributed by atoms with van der Waals surface area (Å²) in [6.07, 6.45) is 1.66. The number of hydrogen-bond acceptors (Lipinski definition) is 6. The van der Waals surface area contributed by atoms with Crippen LogP contribution < -0.4 is 9.73 Å². The highest BCUT2D eigenvalue weighted by Crippen LogP contribution is 2.39. The number of hydrogen-bond donors (Lipinski definition) is 1. The zero-order valence-corrected chi connectivity index (χ0v) is 19.3. The Balaban J connectivity index is 1.62. The van der Waals surface area contributed by atoms with E-state index >= 15 is 0 Å². The van der Waals surface area contributed by atoms with Gasteiger partial charge < -0.3 is 4.52 Å². The summed E-state index contributed by atoms with van der Waals surface area (Å²) in [7, 11) is -3.79. The molecule has 11 heteroatoms. The number of nitrogens with one attached hydrogen (secondary N) is 1. The van der Waals surface area contributed by atoms with Gasteiger partial charge in [0.15, 0.2) is 5.76 Å². The van der Waals surface area contributed by atoms with Gasteiger partial charge in [-0.1, -0.05) is 52.1 Å². The van der Waals surface area contributed by atoms with Gasteiger partial charge in [0, 0.05) is 16.5 Å². The lowest BCUT2D eigenvalue weighted by Crippen LogP contribution is -2.29. The fraction of sp³-hybridized carbons (Fsp3) is 0.200. The Bertz CT molecular complexity index is 1240. The van der Waals surface area contributed by atoms with Gasteiger partial charge in [-0.05, 0) is 42.8 Å². The summed E-state index contributed by atoms with van der Waals surface area (Å²) in [5.41, 5.74) is 2.27. The van der Waals surface area contributed by atoms with Gasteiger partial charge >= 0.3 is 0 Å². The van der Waals surface area contributed by atoms with E-state index < -0.39 is 10.0 Å². The molecule has 1 aliphatic heterocycles. The summed E-state index contributed by atoms with van der Waals surface area (Å²) in [5.74, 6) is 0.217. The fourth-order valence-electron chi connectivity index (χ4n) is 3.32. The Labute approximate surface area is 194 Å². The molecule has 0 bridgehead atoms. The maximum atomic E-state index is 12.6. The van der Waals surface area contributed by atoms with Crippen LogP contribution in [0.3, 0.4) is 0 Å². The van der Waals surface area contributed by atoms with Crippen molar-refractivity contribution in [1.82, 2.24) is 9.88 Å². The molecule has 4 rings (SSSR count). The number of hydrazone groups is 1. The normalized spacial score (nSPS) is 16.6. The van der Waals surface area contributed by atoms with Crippen LogP contribution in [0.15, 0.2) is 63.2 Å². The maximum absolute atomic E-state index is 12.6. The second-order valence-electron chi connectivity index (χ2n) is 6.95. The van der Waals surface area contributed by atoms with E-state index in [4.69, 9.17) is 39.3 Å². The van der Waals surface area contributed by atoms with Gasteiger partial charge in [-0.2, -0.15) is 5.10 Å². The molecule has 0 radical (unpaired) electrons. The molecule has 2 aromatic carbocycles. The Morgan fingerprint density at radius 1 is 1.13 bits per heavy atom. The molecule has 7 nitrogen and oxygen atoms in total. The average molecular weight is 500 g/mol. The lowest BCUT2D eigenvalue weighted by molar-refractivity contribution is 0.394. The quantitative estimate of drug-likeness (QED) is 0.502. The summed E-state index contributed by atoms with van der Waals surface area (Å²) in [4.78, 5) is -0.00190. The van der Waals surface area contributed by atoms with E-state index in [1.165, 1.54) is 13.1 Å². The highest BCUT2D eigenvalue weighted by molar-refractivity contribution is 7.89. The summed E-state index contributed by atoms with van der Waals surface area (Å²) < 4.78 is 32.6. The molecule has 2 heterocycles. The van der Waals surface area contributed by atoms with Crippen LogP contribution in [0.25, 0.3) is 0 Å². The second-order valence-corrected chi connectivity index (χ2v) is 9.96. The van der Waals surface area contributed by atoms with Crippen molar-refractivity contribution >= 4 is 56.2 Å². The van der Waals surface area contributed by atoms with Crippen LogP contribution in [0.5, 0.6) is 0 Å². The Morgan fingerprint density at radius 2 is 1.84 bits per heavy atom. The molecular weight excluding hydrogens is 483 g/mol. The molecule has 0 spiro atoms. The molecule has 1 aliphatic rings. The molecule has 1 atom stereocenters. The molecule has 0 saturated heterocycles. The number of halogens is 3. The Morgan fingerprint density at radius 3 is 2.48 bits per heavy atom. The third-order valence-corrected chi connectivity index (χ3v) is 7.13. The largest absolute Gasteiger partial charge is 0.360 e. The maximum Gasteiger partial charge on any atom is 0.246 e. The van der Waals surface area contributed by atoms with E-state index in [9.17, 15) is 8.42 Å². The molecule has 0 saturated carbocycles. The van der Waals surface area contributed by atoms with Gasteiger partial charge in [0.2, 0.25) is 10.0 Å². The van der Waals surface area contributed by atoms with E-state index in [0.29, 0.717) is 32.9 Å². The predicted octanol–water partition coefficient (Wildman–Crippen LogP) is 5.23. The standard InChI is InChI=1S/C20H17Cl3N4O3S/c1-12-20(11-24-30-12)31(28,29)25-10-16-9-19(13-2-4-14(21)5-3-13)27(26-16)18-7-6-15(22)8-17(18)23/h2-8,11,19,25H,9-10H2,1H3. The highest BCUT2D eigenvalue weighted by Gasteiger charge is 2.31. The van der Waals surface area contributed by atoms with Crippen molar-refractivity contribution in [1.29, 1.82) is 0 Å². The van der Waals surface area contributed by atoms with E-state index in [-0.39, 0.29) is 23.2 Å². The number of aryl methyl sites for hydroxylation is 1. The molecule has 31 heavy (non-hydrogen) atoms. The number of aromatic nitrogens is 1. The first-order chi connectivity index (χ1) is 14.7. The Kier molecular flexibility index (Phi) is 6.27. The van der Waals surface area contributed by atoms with Crippen LogP contribution in [0.4, 0.5) is 5.69 Å². The minimum absolute atomic E-state index is 0.00190. The molecule has 1 unspecified atom stereocenters. The molecule has 162 valence electrons. The monoisotopic (exact) mass is 498 g/mol. The van der Waals surface area contributed by atoms with Gasteiger partial charge in [0.1, 0.15) is 4.90 Å². The summed E-state index contributed by atoms with van der Waals surface area (Å²) in [5, 5.41) is 11.5. The van der Waals surface area contributed by atoms with E-state index in [0.717, 1.165) is 5.56 Å². The van der Waals surface area contributed by atoms with E-state index in [2.05, 4.69) is 15.0 Å². The lowest BCUT2D eigenvalue weighted by atomic mass is 10.0. The smallest absolute Gasteiger partial charge is 0.246 e. The van der Waals surface area contributed by atoms with Crippen LogP contribution >= 0.6 is 34.8 Å². The van der Waals surface area contributed by atoms with Crippen LogP contribution in [0.1, 0.15) is 23.8 Å². The summed E-state index contributed by atoms with van der Waals surface area (Å²) in [6.45, 7) is 1.56. The van der Waals surface area contributed by atoms with Crippen LogP contribution in [0, 0.1) is 6.92 Å². The van der Waals surface area contributed by atoms with Crippen LogP contribution in [0.2, 0.25) is 15.1 Å². The average Bonchev–Trinajstić information content (AvgIpc) is 3.34. The molecular formula is C20H17Cl3N4O3S. The first-order valence-corrected chi connectivity index (χ1v) is 11.8. The number of benzene rings is 2. The molecule has 0 aliphatic carbocycles. The van der Waals surface area contributed by atoms with Crippen molar-refractivity contribution in [2.45, 2.75) is 24.3 Å². The second kappa shape index (κ2) is 8.80. The third kappa shape index (κ3) is 4.73. The van der Waals surface area contributed by atoms with Crippen LogP contribution in [-0.4, -0.2) is 25.8 Å². The van der Waals surface area contributed by atoms with Crippen molar-refractivity contribution < 1.29 is 12.9 Å². The van der Waals surface area contributed by atoms with Gasteiger partial charge in [0.25, 0.3) is 0 Å². The van der Waals surface area contributed by atoms with Crippen molar-refractivity contribution in [2.24, 2.45) is 5.10 Å². The van der Waals surface area contributed by atoms with Gasteiger partial charge in [-0.25, -0.2) is 13.1 Å². The molecule has 0 fully saturated rings. The number of sulfonamides is 1. The first kappa shape index (κ1) is 22.1. The zero-order chi connectivity index (χ0) is 22.2. The third-order valence-electron chi connectivity index (χ3n) is 4.85. The van der Waals surface area contributed by atoms with Gasteiger partial charge in [0.05, 0.1) is 35.2 Å². The molecule has 1 N–H and O–H groups in total. The first-order valence-electron chi connectivity index (χ1n) is 9.21. The van der Waals surface area contributed by atoms with Gasteiger partial charge in [-0.15, -0.1) is 0 Å². The van der Waals surface area contributed by atoms with Crippen molar-refractivity contribution in [2.75, 3.05) is 11.6 Å². The van der Waals surface area contributed by atoms with Crippen molar-refractivity contribution in [3.8, 4) is 0 Å². The van der Waals surface area contributed by atoms with E-state index in [1.807, 2.05) is 12.1 Å².